The summed E-state index contributed by atoms with van der Waals surface area (Å²) in [5.41, 5.74) is -1.60. The first-order chi connectivity index (χ1) is 9.78. The largest absolute Gasteiger partial charge is 0.573 e. The first kappa shape index (κ1) is 14.6. The Morgan fingerprint density at radius 3 is 2.62 bits per heavy atom. The lowest BCUT2D eigenvalue weighted by Gasteiger charge is -2.12. The second kappa shape index (κ2) is 5.31. The SMILES string of the molecule is C[n+]1[nH]oc(=O)c1C(=O)Nc1ccccc1OC(F)(F)F. The van der Waals surface area contributed by atoms with Crippen LogP contribution in [0.25, 0.3) is 0 Å². The summed E-state index contributed by atoms with van der Waals surface area (Å²) in [5.74, 6) is -1.54. The van der Waals surface area contributed by atoms with Crippen molar-refractivity contribution in [1.82, 2.24) is 5.27 Å². The van der Waals surface area contributed by atoms with E-state index in [4.69, 9.17) is 0 Å². The predicted molar refractivity (Wildman–Crippen MR) is 61.6 cm³/mol. The molecule has 2 rings (SSSR count). The van der Waals surface area contributed by atoms with Crippen molar-refractivity contribution in [1.29, 1.82) is 0 Å². The molecular formula is C11H9F3N3O4+. The number of halogens is 3. The van der Waals surface area contributed by atoms with Crippen LogP contribution in [0.3, 0.4) is 0 Å². The number of aryl methyl sites for hydroxylation is 1. The van der Waals surface area contributed by atoms with E-state index in [1.54, 1.807) is 0 Å². The van der Waals surface area contributed by atoms with Crippen LogP contribution >= 0.6 is 0 Å². The topological polar surface area (TPSA) is 88.2 Å². The monoisotopic (exact) mass is 304 g/mol. The number of benzene rings is 1. The van der Waals surface area contributed by atoms with Gasteiger partial charge in [-0.2, -0.15) is 0 Å². The molecule has 0 saturated carbocycles. The van der Waals surface area contributed by atoms with Crippen molar-refractivity contribution in [2.45, 2.75) is 6.36 Å². The number of para-hydroxylation sites is 2. The lowest BCUT2D eigenvalue weighted by Crippen LogP contribution is -2.41. The van der Waals surface area contributed by atoms with Gasteiger partial charge in [-0.3, -0.25) is 9.32 Å². The van der Waals surface area contributed by atoms with E-state index in [2.05, 4.69) is 19.8 Å². The Bertz CT molecular complexity index is 720. The van der Waals surface area contributed by atoms with Crippen LogP contribution in [-0.2, 0) is 7.05 Å². The highest BCUT2D eigenvalue weighted by molar-refractivity contribution is 6.02. The highest BCUT2D eigenvalue weighted by Gasteiger charge is 2.33. The number of carbonyl (C=O) groups is 1. The molecule has 0 fully saturated rings. The van der Waals surface area contributed by atoms with Crippen molar-refractivity contribution in [2.75, 3.05) is 5.32 Å². The lowest BCUT2D eigenvalue weighted by atomic mass is 10.3. The molecule has 1 aromatic heterocycles. The smallest absolute Gasteiger partial charge is 0.404 e. The summed E-state index contributed by atoms with van der Waals surface area (Å²) in [7, 11) is 1.33. The Kier molecular flexibility index (Phi) is 3.70. The minimum Gasteiger partial charge on any atom is -0.404 e. The van der Waals surface area contributed by atoms with Crippen LogP contribution in [-0.4, -0.2) is 17.5 Å². The van der Waals surface area contributed by atoms with Gasteiger partial charge in [0, 0.05) is 0 Å². The summed E-state index contributed by atoms with van der Waals surface area (Å²) < 4.78 is 45.9. The Balaban J connectivity index is 2.28. The van der Waals surface area contributed by atoms with Gasteiger partial charge in [-0.05, 0) is 17.4 Å². The fourth-order valence-electron chi connectivity index (χ4n) is 1.55. The second-order valence-corrected chi connectivity index (χ2v) is 3.89. The van der Waals surface area contributed by atoms with Gasteiger partial charge < -0.3 is 10.1 Å². The number of hydrogen-bond donors (Lipinski definition) is 2. The van der Waals surface area contributed by atoms with Gasteiger partial charge >= 0.3 is 23.6 Å². The maximum absolute atomic E-state index is 12.3. The fraction of sp³-hybridized carbons (Fsp3) is 0.182. The quantitative estimate of drug-likeness (QED) is 0.826. The van der Waals surface area contributed by atoms with Gasteiger partial charge in [-0.1, -0.05) is 16.8 Å². The number of aromatic nitrogens is 2. The molecule has 21 heavy (non-hydrogen) atoms. The third-order valence-corrected chi connectivity index (χ3v) is 2.38. The Labute approximate surface area is 114 Å². The third kappa shape index (κ3) is 3.41. The summed E-state index contributed by atoms with van der Waals surface area (Å²) in [6, 6.07) is 4.94. The van der Waals surface area contributed by atoms with Gasteiger partial charge in [0.1, 0.15) is 0 Å². The highest BCUT2D eigenvalue weighted by Crippen LogP contribution is 2.29. The van der Waals surface area contributed by atoms with Crippen molar-refractivity contribution in [3.8, 4) is 5.75 Å². The number of aromatic amines is 1. The number of nitrogens with zero attached hydrogens (tertiary/aromatic N) is 1. The molecule has 0 aliphatic heterocycles. The molecule has 10 heteroatoms. The molecule has 0 bridgehead atoms. The maximum atomic E-state index is 12.3. The van der Waals surface area contributed by atoms with Gasteiger partial charge in [0.25, 0.3) is 0 Å². The number of H-pyrrole nitrogens is 1. The van der Waals surface area contributed by atoms with Crippen molar-refractivity contribution < 1.29 is 31.9 Å². The van der Waals surface area contributed by atoms with Crippen molar-refractivity contribution in [3.63, 3.8) is 0 Å². The Morgan fingerprint density at radius 2 is 2.05 bits per heavy atom. The number of rotatable bonds is 3. The predicted octanol–water partition coefficient (Wildman–Crippen LogP) is 0.943. The van der Waals surface area contributed by atoms with Gasteiger partial charge in [0.15, 0.2) is 12.8 Å². The molecule has 1 amide bonds. The Morgan fingerprint density at radius 1 is 1.38 bits per heavy atom. The zero-order valence-corrected chi connectivity index (χ0v) is 10.5. The molecule has 0 saturated heterocycles. The van der Waals surface area contributed by atoms with Gasteiger partial charge in [-0.15, -0.1) is 13.2 Å². The molecule has 1 aromatic carbocycles. The number of ether oxygens (including phenoxy) is 1. The first-order valence-corrected chi connectivity index (χ1v) is 5.51. The number of carbonyl (C=O) groups excluding carboxylic acids is 1. The van der Waals surface area contributed by atoms with E-state index in [0.717, 1.165) is 10.7 Å². The van der Waals surface area contributed by atoms with Crippen LogP contribution in [0.2, 0.25) is 0 Å². The zero-order valence-electron chi connectivity index (χ0n) is 10.5. The molecule has 0 aliphatic rings. The number of nitrogens with one attached hydrogen (secondary N) is 2. The van der Waals surface area contributed by atoms with Crippen LogP contribution in [0, 0.1) is 0 Å². The zero-order chi connectivity index (χ0) is 15.6. The molecule has 2 aromatic rings. The lowest BCUT2D eigenvalue weighted by molar-refractivity contribution is -0.741. The van der Waals surface area contributed by atoms with E-state index < -0.39 is 29.3 Å². The standard InChI is InChI=1S/C11H8F3N3O4/c1-17-8(10(19)21-16-17)9(18)15-6-4-2-3-5-7(6)20-11(12,13)14/h2-5H,1H3,(H-,15,16,18,19)/p+1. The molecule has 0 unspecified atom stereocenters. The second-order valence-electron chi connectivity index (χ2n) is 3.89. The van der Waals surface area contributed by atoms with E-state index in [1.807, 2.05) is 0 Å². The minimum absolute atomic E-state index is 0.236. The Hall–Kier alpha value is -2.78. The summed E-state index contributed by atoms with van der Waals surface area (Å²) in [4.78, 5) is 23.2. The minimum atomic E-state index is -4.90. The van der Waals surface area contributed by atoms with Crippen LogP contribution < -0.4 is 20.4 Å². The van der Waals surface area contributed by atoms with E-state index in [9.17, 15) is 22.8 Å². The van der Waals surface area contributed by atoms with Crippen molar-refractivity contribution >= 4 is 11.6 Å². The molecule has 0 radical (unpaired) electrons. The molecular weight excluding hydrogens is 295 g/mol. The summed E-state index contributed by atoms with van der Waals surface area (Å²) in [6.07, 6.45) is -4.90. The van der Waals surface area contributed by atoms with Crippen LogP contribution in [0.5, 0.6) is 5.75 Å². The molecule has 0 aliphatic carbocycles. The van der Waals surface area contributed by atoms with Crippen molar-refractivity contribution in [2.24, 2.45) is 7.05 Å². The van der Waals surface area contributed by atoms with Crippen molar-refractivity contribution in [3.05, 3.63) is 40.4 Å². The van der Waals surface area contributed by atoms with Gasteiger partial charge in [-0.25, -0.2) is 4.79 Å². The van der Waals surface area contributed by atoms with Gasteiger partial charge in [0.2, 0.25) is 0 Å². The number of anilines is 1. The molecule has 0 atom stereocenters. The maximum Gasteiger partial charge on any atom is 0.573 e. The van der Waals surface area contributed by atoms with Gasteiger partial charge in [0.05, 0.1) is 5.69 Å². The first-order valence-electron chi connectivity index (χ1n) is 5.51. The highest BCUT2D eigenvalue weighted by atomic mass is 19.4. The number of hydrogen-bond acceptors (Lipinski definition) is 4. The van der Waals surface area contributed by atoms with Crippen LogP contribution in [0.1, 0.15) is 10.5 Å². The van der Waals surface area contributed by atoms with Crippen LogP contribution in [0.15, 0.2) is 33.6 Å². The average molecular weight is 304 g/mol. The normalized spacial score (nSPS) is 11.2. The summed E-state index contributed by atoms with van der Waals surface area (Å²) in [5, 5.41) is 4.27. The van der Waals surface area contributed by atoms with Crippen LogP contribution in [0.4, 0.5) is 18.9 Å². The molecule has 1 heterocycles. The average Bonchev–Trinajstić information content (AvgIpc) is 2.70. The van der Waals surface area contributed by atoms with E-state index in [0.29, 0.717) is 0 Å². The third-order valence-electron chi connectivity index (χ3n) is 2.38. The molecule has 0 spiro atoms. The van der Waals surface area contributed by atoms with E-state index in [1.165, 1.54) is 25.2 Å². The molecule has 2 N–H and O–H groups in total. The van der Waals surface area contributed by atoms with E-state index >= 15 is 0 Å². The van der Waals surface area contributed by atoms with E-state index in [-0.39, 0.29) is 5.69 Å². The summed E-state index contributed by atoms with van der Waals surface area (Å²) in [6.45, 7) is 0. The molecule has 112 valence electrons. The molecule has 7 nitrogen and oxygen atoms in total. The fourth-order valence-corrected chi connectivity index (χ4v) is 1.55. The number of alkyl halides is 3. The summed E-state index contributed by atoms with van der Waals surface area (Å²) >= 11 is 0. The number of amides is 1.